The van der Waals surface area contributed by atoms with Crippen LogP contribution in [0.1, 0.15) is 23.1 Å². The SMILES string of the molecule is Cc1ccc(S(=O)(=O)NCCC(=O)N2CC[NH+](Cc3ccsc3)CC2)cc1C. The summed E-state index contributed by atoms with van der Waals surface area (Å²) in [6, 6.07) is 7.21. The summed E-state index contributed by atoms with van der Waals surface area (Å²) in [5.74, 6) is 0.0115. The molecule has 0 atom stereocenters. The van der Waals surface area contributed by atoms with E-state index in [1.54, 1.807) is 29.5 Å². The van der Waals surface area contributed by atoms with Crippen molar-refractivity contribution in [3.63, 3.8) is 0 Å². The van der Waals surface area contributed by atoms with E-state index < -0.39 is 10.0 Å². The van der Waals surface area contributed by atoms with Gasteiger partial charge >= 0.3 is 0 Å². The quantitative estimate of drug-likeness (QED) is 0.698. The predicted molar refractivity (Wildman–Crippen MR) is 111 cm³/mol. The molecule has 1 aliphatic heterocycles. The minimum absolute atomic E-state index is 0.0115. The highest BCUT2D eigenvalue weighted by atomic mass is 32.2. The van der Waals surface area contributed by atoms with Gasteiger partial charge in [0.25, 0.3) is 0 Å². The standard InChI is InChI=1S/C20H27N3O3S2/c1-16-3-4-19(13-17(16)2)28(25,26)21-7-5-20(24)23-10-8-22(9-11-23)14-18-6-12-27-15-18/h3-4,6,12-13,15,21H,5,7-11,14H2,1-2H3/p+1. The number of benzene rings is 1. The Morgan fingerprint density at radius 2 is 1.93 bits per heavy atom. The molecule has 0 unspecified atom stereocenters. The molecule has 8 heteroatoms. The highest BCUT2D eigenvalue weighted by molar-refractivity contribution is 7.89. The average molecular weight is 423 g/mol. The number of rotatable bonds is 7. The number of carbonyl (C=O) groups excluding carboxylic acids is 1. The lowest BCUT2D eigenvalue weighted by Gasteiger charge is -2.32. The van der Waals surface area contributed by atoms with Gasteiger partial charge in [-0.1, -0.05) is 6.07 Å². The Labute approximate surface area is 171 Å². The van der Waals surface area contributed by atoms with E-state index in [9.17, 15) is 13.2 Å². The smallest absolute Gasteiger partial charge is 0.240 e. The second kappa shape index (κ2) is 9.17. The summed E-state index contributed by atoms with van der Waals surface area (Å²) < 4.78 is 27.4. The summed E-state index contributed by atoms with van der Waals surface area (Å²) in [5, 5.41) is 4.26. The van der Waals surface area contributed by atoms with Crippen LogP contribution >= 0.6 is 11.3 Å². The number of amides is 1. The lowest BCUT2D eigenvalue weighted by Crippen LogP contribution is -3.13. The van der Waals surface area contributed by atoms with Crippen LogP contribution in [-0.4, -0.2) is 51.9 Å². The van der Waals surface area contributed by atoms with E-state index in [0.29, 0.717) is 0 Å². The van der Waals surface area contributed by atoms with Crippen LogP contribution in [0.25, 0.3) is 0 Å². The van der Waals surface area contributed by atoms with Crippen LogP contribution in [0.4, 0.5) is 0 Å². The third kappa shape index (κ3) is 5.41. The summed E-state index contributed by atoms with van der Waals surface area (Å²) in [7, 11) is -3.59. The van der Waals surface area contributed by atoms with Gasteiger partial charge in [0.1, 0.15) is 6.54 Å². The fraction of sp³-hybridized carbons (Fsp3) is 0.450. The van der Waals surface area contributed by atoms with E-state index in [2.05, 4.69) is 21.5 Å². The van der Waals surface area contributed by atoms with Gasteiger partial charge in [-0.25, -0.2) is 13.1 Å². The molecule has 28 heavy (non-hydrogen) atoms. The van der Waals surface area contributed by atoms with Crippen LogP contribution in [0.15, 0.2) is 39.9 Å². The Morgan fingerprint density at radius 1 is 1.18 bits per heavy atom. The molecule has 0 spiro atoms. The number of hydrogen-bond acceptors (Lipinski definition) is 4. The van der Waals surface area contributed by atoms with Gasteiger partial charge in [0.15, 0.2) is 0 Å². The molecule has 0 radical (unpaired) electrons. The zero-order chi connectivity index (χ0) is 20.1. The summed E-state index contributed by atoms with van der Waals surface area (Å²) in [6.07, 6.45) is 0.184. The molecule has 1 amide bonds. The summed E-state index contributed by atoms with van der Waals surface area (Å²) in [6.45, 7) is 8.26. The third-order valence-corrected chi connectivity index (χ3v) is 7.47. The number of nitrogens with one attached hydrogen (secondary N) is 2. The molecule has 2 N–H and O–H groups in total. The van der Waals surface area contributed by atoms with Crippen molar-refractivity contribution in [3.8, 4) is 0 Å². The third-order valence-electron chi connectivity index (χ3n) is 5.28. The van der Waals surface area contributed by atoms with Crippen molar-refractivity contribution >= 4 is 27.3 Å². The molecule has 0 aliphatic carbocycles. The zero-order valence-corrected chi connectivity index (χ0v) is 18.0. The highest BCUT2D eigenvalue weighted by Crippen LogP contribution is 2.14. The van der Waals surface area contributed by atoms with Crippen molar-refractivity contribution < 1.29 is 18.1 Å². The molecule has 2 heterocycles. The van der Waals surface area contributed by atoms with Gasteiger partial charge in [-0.05, 0) is 53.9 Å². The number of nitrogens with zero attached hydrogens (tertiary/aromatic N) is 1. The molecule has 1 aliphatic rings. The Morgan fingerprint density at radius 3 is 2.57 bits per heavy atom. The van der Waals surface area contributed by atoms with Crippen molar-refractivity contribution in [3.05, 3.63) is 51.7 Å². The number of quaternary nitrogens is 1. The fourth-order valence-electron chi connectivity index (χ4n) is 3.35. The maximum Gasteiger partial charge on any atom is 0.240 e. The number of aryl methyl sites for hydroxylation is 2. The molecule has 0 saturated carbocycles. The van der Waals surface area contributed by atoms with E-state index in [1.807, 2.05) is 18.7 Å². The molecule has 0 bridgehead atoms. The fourth-order valence-corrected chi connectivity index (χ4v) is 5.13. The minimum Gasteiger partial charge on any atom is -0.331 e. The number of sulfonamides is 1. The lowest BCUT2D eigenvalue weighted by molar-refractivity contribution is -0.917. The second-order valence-corrected chi connectivity index (χ2v) is 9.88. The molecular formula is C20H28N3O3S2+. The molecule has 1 fully saturated rings. The molecule has 152 valence electrons. The second-order valence-electron chi connectivity index (χ2n) is 7.33. The Bertz CT molecular complexity index is 903. The first kappa shape index (κ1) is 21.0. The molecule has 1 aromatic heterocycles. The number of hydrogen-bond donors (Lipinski definition) is 2. The van der Waals surface area contributed by atoms with Crippen molar-refractivity contribution in [2.45, 2.75) is 31.7 Å². The maximum atomic E-state index is 12.4. The maximum absolute atomic E-state index is 12.4. The Hall–Kier alpha value is -1.74. The van der Waals surface area contributed by atoms with Gasteiger partial charge in [-0.15, -0.1) is 0 Å². The summed E-state index contributed by atoms with van der Waals surface area (Å²) in [4.78, 5) is 16.0. The average Bonchev–Trinajstić information content (AvgIpc) is 3.17. The van der Waals surface area contributed by atoms with Gasteiger partial charge in [-0.3, -0.25) is 4.79 Å². The van der Waals surface area contributed by atoms with E-state index in [1.165, 1.54) is 10.5 Å². The normalized spacial score (nSPS) is 15.7. The minimum atomic E-state index is -3.59. The van der Waals surface area contributed by atoms with Crippen molar-refractivity contribution in [1.82, 2.24) is 9.62 Å². The Kier molecular flexibility index (Phi) is 6.87. The number of thiophene rings is 1. The molecule has 6 nitrogen and oxygen atoms in total. The monoisotopic (exact) mass is 422 g/mol. The van der Waals surface area contributed by atoms with Crippen LogP contribution in [0.5, 0.6) is 0 Å². The summed E-state index contributed by atoms with van der Waals surface area (Å²) >= 11 is 1.71. The van der Waals surface area contributed by atoms with Crippen LogP contribution < -0.4 is 9.62 Å². The van der Waals surface area contributed by atoms with Crippen LogP contribution in [0, 0.1) is 13.8 Å². The highest BCUT2D eigenvalue weighted by Gasteiger charge is 2.24. The number of piperazine rings is 1. The van der Waals surface area contributed by atoms with Crippen molar-refractivity contribution in [1.29, 1.82) is 0 Å². The van der Waals surface area contributed by atoms with Gasteiger partial charge in [0.2, 0.25) is 15.9 Å². The van der Waals surface area contributed by atoms with Crippen molar-refractivity contribution in [2.24, 2.45) is 0 Å². The largest absolute Gasteiger partial charge is 0.331 e. The molecule has 1 aromatic carbocycles. The number of carbonyl (C=O) groups is 1. The van der Waals surface area contributed by atoms with Crippen LogP contribution in [0.3, 0.4) is 0 Å². The van der Waals surface area contributed by atoms with Crippen LogP contribution in [-0.2, 0) is 21.4 Å². The molecule has 3 rings (SSSR count). The van der Waals surface area contributed by atoms with Gasteiger partial charge in [0.05, 0.1) is 31.1 Å². The Balaban J connectivity index is 1.43. The lowest BCUT2D eigenvalue weighted by atomic mass is 10.1. The first-order chi connectivity index (χ1) is 13.3. The van der Waals surface area contributed by atoms with Crippen molar-refractivity contribution in [2.75, 3.05) is 32.7 Å². The van der Waals surface area contributed by atoms with E-state index in [0.717, 1.165) is 43.9 Å². The zero-order valence-electron chi connectivity index (χ0n) is 16.4. The topological polar surface area (TPSA) is 70.9 Å². The van der Waals surface area contributed by atoms with Gasteiger partial charge < -0.3 is 9.80 Å². The first-order valence-corrected chi connectivity index (χ1v) is 12.0. The van der Waals surface area contributed by atoms with Crippen LogP contribution in [0.2, 0.25) is 0 Å². The summed E-state index contributed by atoms with van der Waals surface area (Å²) in [5.41, 5.74) is 3.33. The van der Waals surface area contributed by atoms with Gasteiger partial charge in [0, 0.05) is 18.5 Å². The van der Waals surface area contributed by atoms with E-state index >= 15 is 0 Å². The molecule has 2 aromatic rings. The van der Waals surface area contributed by atoms with E-state index in [4.69, 9.17) is 0 Å². The molecule has 1 saturated heterocycles. The molecular weight excluding hydrogens is 394 g/mol. The first-order valence-electron chi connectivity index (χ1n) is 9.54. The van der Waals surface area contributed by atoms with Gasteiger partial charge in [-0.2, -0.15) is 11.3 Å². The predicted octanol–water partition coefficient (Wildman–Crippen LogP) is 0.961. The van der Waals surface area contributed by atoms with E-state index in [-0.39, 0.29) is 23.8 Å².